The third-order valence-electron chi connectivity index (χ3n) is 2.63. The molecule has 7 heteroatoms. The normalized spacial score (nSPS) is 11.1. The second-order valence-corrected chi connectivity index (χ2v) is 5.91. The molecule has 0 saturated heterocycles. The van der Waals surface area contributed by atoms with Gasteiger partial charge in [0.25, 0.3) is 10.0 Å². The number of sulfonamides is 1. The largest absolute Gasteiger partial charge is 0.497 e. The molecule has 2 rings (SSSR count). The summed E-state index contributed by atoms with van der Waals surface area (Å²) in [5.41, 5.74) is 7.12. The summed E-state index contributed by atoms with van der Waals surface area (Å²) in [7, 11) is -2.27. The number of hydrogen-bond donors (Lipinski definition) is 2. The number of anilines is 2. The Morgan fingerprint density at radius 3 is 2.60 bits per heavy atom. The molecule has 1 heterocycles. The molecule has 0 aliphatic carbocycles. The molecule has 0 fully saturated rings. The lowest BCUT2D eigenvalue weighted by molar-refractivity contribution is 0.414. The van der Waals surface area contributed by atoms with Gasteiger partial charge in [-0.05, 0) is 30.7 Å². The average Bonchev–Trinajstić information content (AvgIpc) is 2.37. The smallest absolute Gasteiger partial charge is 0.263 e. The Morgan fingerprint density at radius 1 is 1.25 bits per heavy atom. The molecule has 3 N–H and O–H groups in total. The van der Waals surface area contributed by atoms with Crippen molar-refractivity contribution < 1.29 is 13.2 Å². The van der Waals surface area contributed by atoms with Gasteiger partial charge in [0.15, 0.2) is 0 Å². The zero-order chi connectivity index (χ0) is 14.8. The number of nitrogens with two attached hydrogens (primary N) is 1. The van der Waals surface area contributed by atoms with E-state index < -0.39 is 10.0 Å². The van der Waals surface area contributed by atoms with E-state index in [9.17, 15) is 8.42 Å². The van der Waals surface area contributed by atoms with Gasteiger partial charge in [-0.1, -0.05) is 0 Å². The topological polar surface area (TPSA) is 94.3 Å². The summed E-state index contributed by atoms with van der Waals surface area (Å²) >= 11 is 0. The van der Waals surface area contributed by atoms with E-state index in [1.165, 1.54) is 25.4 Å². The van der Waals surface area contributed by atoms with E-state index in [0.717, 1.165) is 5.56 Å². The van der Waals surface area contributed by atoms with Crippen molar-refractivity contribution in [1.82, 2.24) is 4.98 Å². The molecule has 1 aromatic carbocycles. The SMILES string of the molecule is COc1ccc(S(=O)(=O)Nc2cncc(C)c2)c(N)c1. The van der Waals surface area contributed by atoms with Crippen LogP contribution in [0.3, 0.4) is 0 Å². The molecule has 0 aliphatic heterocycles. The number of methoxy groups -OCH3 is 1. The first-order valence-corrected chi connectivity index (χ1v) is 7.28. The summed E-state index contributed by atoms with van der Waals surface area (Å²) in [6.45, 7) is 1.83. The van der Waals surface area contributed by atoms with Gasteiger partial charge in [0.1, 0.15) is 10.6 Å². The summed E-state index contributed by atoms with van der Waals surface area (Å²) in [4.78, 5) is 3.93. The number of benzene rings is 1. The number of hydrogen-bond acceptors (Lipinski definition) is 5. The van der Waals surface area contributed by atoms with Crippen molar-refractivity contribution in [2.75, 3.05) is 17.6 Å². The molecular formula is C13H15N3O3S. The molecule has 0 saturated carbocycles. The number of rotatable bonds is 4. The Kier molecular flexibility index (Phi) is 3.80. The van der Waals surface area contributed by atoms with Gasteiger partial charge in [-0.3, -0.25) is 9.71 Å². The molecule has 0 unspecified atom stereocenters. The minimum Gasteiger partial charge on any atom is -0.497 e. The van der Waals surface area contributed by atoms with Crippen molar-refractivity contribution in [3.8, 4) is 5.75 Å². The van der Waals surface area contributed by atoms with Gasteiger partial charge >= 0.3 is 0 Å². The zero-order valence-corrected chi connectivity index (χ0v) is 11.9. The number of pyridine rings is 1. The quantitative estimate of drug-likeness (QED) is 0.838. The molecule has 1 aromatic heterocycles. The van der Waals surface area contributed by atoms with Crippen molar-refractivity contribution in [3.63, 3.8) is 0 Å². The molecular weight excluding hydrogens is 278 g/mol. The molecule has 0 atom stereocenters. The summed E-state index contributed by atoms with van der Waals surface area (Å²) in [6.07, 6.45) is 3.07. The van der Waals surface area contributed by atoms with E-state index >= 15 is 0 Å². The van der Waals surface area contributed by atoms with Crippen LogP contribution in [0.1, 0.15) is 5.56 Å². The lowest BCUT2D eigenvalue weighted by atomic mass is 10.3. The first kappa shape index (κ1) is 14.1. The fraction of sp³-hybridized carbons (Fsp3) is 0.154. The van der Waals surface area contributed by atoms with Gasteiger partial charge in [-0.15, -0.1) is 0 Å². The average molecular weight is 293 g/mol. The number of nitrogens with zero attached hydrogens (tertiary/aromatic N) is 1. The number of ether oxygens (including phenoxy) is 1. The molecule has 20 heavy (non-hydrogen) atoms. The summed E-state index contributed by atoms with van der Waals surface area (Å²) in [5, 5.41) is 0. The van der Waals surface area contributed by atoms with Crippen LogP contribution < -0.4 is 15.2 Å². The fourth-order valence-corrected chi connectivity index (χ4v) is 2.87. The van der Waals surface area contributed by atoms with Crippen LogP contribution in [-0.2, 0) is 10.0 Å². The minimum absolute atomic E-state index is 0.000180. The van der Waals surface area contributed by atoms with Crippen molar-refractivity contribution in [2.24, 2.45) is 0 Å². The highest BCUT2D eigenvalue weighted by molar-refractivity contribution is 7.92. The van der Waals surface area contributed by atoms with Crippen LogP contribution in [0.2, 0.25) is 0 Å². The minimum atomic E-state index is -3.76. The van der Waals surface area contributed by atoms with Gasteiger partial charge in [0.2, 0.25) is 0 Å². The van der Waals surface area contributed by atoms with Crippen molar-refractivity contribution in [1.29, 1.82) is 0 Å². The lowest BCUT2D eigenvalue weighted by Crippen LogP contribution is -2.15. The highest BCUT2D eigenvalue weighted by Crippen LogP contribution is 2.25. The van der Waals surface area contributed by atoms with Crippen LogP contribution >= 0.6 is 0 Å². The lowest BCUT2D eigenvalue weighted by Gasteiger charge is -2.11. The Labute approximate surface area is 117 Å². The van der Waals surface area contributed by atoms with E-state index in [1.807, 2.05) is 6.92 Å². The maximum Gasteiger partial charge on any atom is 0.263 e. The standard InChI is InChI=1S/C13H15N3O3S/c1-9-5-10(8-15-7-9)16-20(17,18)13-4-3-11(19-2)6-12(13)14/h3-8,16H,14H2,1-2H3. The fourth-order valence-electron chi connectivity index (χ4n) is 1.72. The van der Waals surface area contributed by atoms with Crippen LogP contribution in [0, 0.1) is 6.92 Å². The van der Waals surface area contributed by atoms with Crippen LogP contribution in [0.15, 0.2) is 41.6 Å². The molecule has 0 bridgehead atoms. The molecule has 2 aromatic rings. The van der Waals surface area contributed by atoms with Crippen LogP contribution in [0.5, 0.6) is 5.75 Å². The van der Waals surface area contributed by atoms with Crippen molar-refractivity contribution >= 4 is 21.4 Å². The Morgan fingerprint density at radius 2 is 2.00 bits per heavy atom. The maximum atomic E-state index is 12.3. The molecule has 6 nitrogen and oxygen atoms in total. The van der Waals surface area contributed by atoms with Gasteiger partial charge < -0.3 is 10.5 Å². The zero-order valence-electron chi connectivity index (χ0n) is 11.1. The van der Waals surface area contributed by atoms with Gasteiger partial charge in [0.05, 0.1) is 24.7 Å². The van der Waals surface area contributed by atoms with Crippen LogP contribution in [0.4, 0.5) is 11.4 Å². The summed E-state index contributed by atoms with van der Waals surface area (Å²) < 4.78 is 32.0. The van der Waals surface area contributed by atoms with Gasteiger partial charge in [-0.25, -0.2) is 8.42 Å². The highest BCUT2D eigenvalue weighted by Gasteiger charge is 2.18. The van der Waals surface area contributed by atoms with Crippen molar-refractivity contribution in [3.05, 3.63) is 42.2 Å². The monoisotopic (exact) mass is 293 g/mol. The van der Waals surface area contributed by atoms with Gasteiger partial charge in [0, 0.05) is 12.3 Å². The molecule has 106 valence electrons. The summed E-state index contributed by atoms with van der Waals surface area (Å²) in [5.74, 6) is 0.499. The molecule has 0 radical (unpaired) electrons. The number of aromatic nitrogens is 1. The number of aryl methyl sites for hydroxylation is 1. The Hall–Kier alpha value is -2.28. The molecule has 0 amide bonds. The Balaban J connectivity index is 2.36. The number of nitrogen functional groups attached to an aromatic ring is 1. The second kappa shape index (κ2) is 5.38. The van der Waals surface area contributed by atoms with Gasteiger partial charge in [-0.2, -0.15) is 0 Å². The highest BCUT2D eigenvalue weighted by atomic mass is 32.2. The predicted octanol–water partition coefficient (Wildman–Crippen LogP) is 1.78. The first-order valence-electron chi connectivity index (χ1n) is 5.80. The van der Waals surface area contributed by atoms with E-state index in [4.69, 9.17) is 10.5 Å². The van der Waals surface area contributed by atoms with E-state index in [-0.39, 0.29) is 10.6 Å². The van der Waals surface area contributed by atoms with E-state index in [1.54, 1.807) is 18.3 Å². The predicted molar refractivity (Wildman–Crippen MR) is 77.2 cm³/mol. The third-order valence-corrected chi connectivity index (χ3v) is 4.09. The maximum absolute atomic E-state index is 12.3. The second-order valence-electron chi connectivity index (χ2n) is 4.26. The molecule has 0 aliphatic rings. The van der Waals surface area contributed by atoms with Crippen LogP contribution in [0.25, 0.3) is 0 Å². The number of nitrogens with one attached hydrogen (secondary N) is 1. The third kappa shape index (κ3) is 3.00. The van der Waals surface area contributed by atoms with E-state index in [2.05, 4.69) is 9.71 Å². The van der Waals surface area contributed by atoms with E-state index in [0.29, 0.717) is 11.4 Å². The van der Waals surface area contributed by atoms with Crippen molar-refractivity contribution in [2.45, 2.75) is 11.8 Å². The van der Waals surface area contributed by atoms with Crippen LogP contribution in [-0.4, -0.2) is 20.5 Å². The first-order chi connectivity index (χ1) is 9.42. The molecule has 0 spiro atoms. The Bertz CT molecular complexity index is 729. The summed E-state index contributed by atoms with van der Waals surface area (Å²) in [6, 6.07) is 6.09.